The van der Waals surface area contributed by atoms with Crippen molar-refractivity contribution in [3.8, 4) is 0 Å². The van der Waals surface area contributed by atoms with Crippen LogP contribution in [0.4, 0.5) is 0 Å². The van der Waals surface area contributed by atoms with E-state index in [1.165, 1.54) is 0 Å². The first-order chi connectivity index (χ1) is 11.1. The number of carbonyl (C=O) groups is 2. The van der Waals surface area contributed by atoms with Gasteiger partial charge in [-0.05, 0) is 30.5 Å². The summed E-state index contributed by atoms with van der Waals surface area (Å²) >= 11 is 3.46. The molecule has 2 amide bonds. The van der Waals surface area contributed by atoms with Gasteiger partial charge in [0.05, 0.1) is 12.5 Å². The second-order valence-electron chi connectivity index (χ2n) is 6.19. The van der Waals surface area contributed by atoms with E-state index >= 15 is 0 Å². The highest BCUT2D eigenvalue weighted by Crippen LogP contribution is 2.16. The molecule has 2 fully saturated rings. The first kappa shape index (κ1) is 19.2. The first-order valence-corrected chi connectivity index (χ1v) is 8.97. The number of rotatable bonds is 4. The molecule has 0 spiro atoms. The van der Waals surface area contributed by atoms with Crippen LogP contribution in [0.1, 0.15) is 24.8 Å². The molecule has 7 heteroatoms. The van der Waals surface area contributed by atoms with Gasteiger partial charge in [-0.3, -0.25) is 9.59 Å². The monoisotopic (exact) mass is 415 g/mol. The Morgan fingerprint density at radius 3 is 2.71 bits per heavy atom. The summed E-state index contributed by atoms with van der Waals surface area (Å²) in [7, 11) is 0. The average molecular weight is 417 g/mol. The van der Waals surface area contributed by atoms with Crippen LogP contribution in [-0.4, -0.2) is 53.8 Å². The number of likely N-dealkylation sites (tertiary alicyclic amines) is 1. The maximum absolute atomic E-state index is 12.6. The van der Waals surface area contributed by atoms with E-state index in [4.69, 9.17) is 0 Å². The van der Waals surface area contributed by atoms with Gasteiger partial charge < -0.3 is 15.1 Å². The molecule has 5 nitrogen and oxygen atoms in total. The molecule has 0 aliphatic carbocycles. The molecule has 0 bridgehead atoms. The van der Waals surface area contributed by atoms with E-state index in [1.807, 2.05) is 34.1 Å². The normalized spacial score (nSPS) is 20.9. The molecule has 1 aromatic carbocycles. The lowest BCUT2D eigenvalue weighted by Gasteiger charge is -2.33. The molecule has 132 valence electrons. The van der Waals surface area contributed by atoms with Gasteiger partial charge in [-0.15, -0.1) is 12.4 Å². The predicted molar refractivity (Wildman–Crippen MR) is 99.0 cm³/mol. The number of nitrogens with zero attached hydrogens (tertiary/aromatic N) is 2. The summed E-state index contributed by atoms with van der Waals surface area (Å²) in [5.41, 5.74) is 1.10. The van der Waals surface area contributed by atoms with Gasteiger partial charge in [0, 0.05) is 37.2 Å². The zero-order chi connectivity index (χ0) is 16.2. The minimum absolute atomic E-state index is 0. The van der Waals surface area contributed by atoms with Gasteiger partial charge in [0.2, 0.25) is 11.8 Å². The number of hydrogen-bond donors (Lipinski definition) is 1. The Kier molecular flexibility index (Phi) is 7.07. The maximum Gasteiger partial charge on any atom is 0.240 e. The Balaban J connectivity index is 0.00000208. The largest absolute Gasteiger partial charge is 0.343 e. The number of carbonyl (C=O) groups excluding carboxylic acids is 2. The fraction of sp³-hybridized carbons (Fsp3) is 0.529. The Bertz CT molecular complexity index is 593. The molecule has 3 rings (SSSR count). The van der Waals surface area contributed by atoms with Gasteiger partial charge >= 0.3 is 0 Å². The molecule has 1 aromatic rings. The Morgan fingerprint density at radius 1 is 1.25 bits per heavy atom. The lowest BCUT2D eigenvalue weighted by atomic mass is 10.1. The molecule has 0 aromatic heterocycles. The van der Waals surface area contributed by atoms with Crippen LogP contribution in [0.5, 0.6) is 0 Å². The third-order valence-corrected chi connectivity index (χ3v) is 4.98. The van der Waals surface area contributed by atoms with Crippen molar-refractivity contribution in [1.82, 2.24) is 15.1 Å². The first-order valence-electron chi connectivity index (χ1n) is 8.18. The van der Waals surface area contributed by atoms with E-state index in [1.54, 1.807) is 0 Å². The number of benzene rings is 1. The number of nitrogens with one attached hydrogen (secondary N) is 1. The Hall–Kier alpha value is -1.11. The van der Waals surface area contributed by atoms with Gasteiger partial charge in [0.25, 0.3) is 0 Å². The molecule has 2 aliphatic heterocycles. The highest BCUT2D eigenvalue weighted by atomic mass is 79.9. The van der Waals surface area contributed by atoms with Gasteiger partial charge in [-0.25, -0.2) is 0 Å². The molecule has 0 radical (unpaired) electrons. The second-order valence-corrected chi connectivity index (χ2v) is 7.10. The van der Waals surface area contributed by atoms with E-state index in [2.05, 4.69) is 21.2 Å². The van der Waals surface area contributed by atoms with Gasteiger partial charge in [-0.1, -0.05) is 28.1 Å². The van der Waals surface area contributed by atoms with Crippen LogP contribution >= 0.6 is 28.3 Å². The summed E-state index contributed by atoms with van der Waals surface area (Å²) in [6.07, 6.45) is 2.42. The zero-order valence-electron chi connectivity index (χ0n) is 13.5. The van der Waals surface area contributed by atoms with Gasteiger partial charge in [0.1, 0.15) is 0 Å². The summed E-state index contributed by atoms with van der Waals surface area (Å²) in [5.74, 6) is 0.126. The zero-order valence-corrected chi connectivity index (χ0v) is 15.9. The van der Waals surface area contributed by atoms with Crippen LogP contribution < -0.4 is 5.32 Å². The highest BCUT2D eigenvalue weighted by molar-refractivity contribution is 9.10. The van der Waals surface area contributed by atoms with Crippen molar-refractivity contribution in [3.63, 3.8) is 0 Å². The molecule has 0 saturated carbocycles. The summed E-state index contributed by atoms with van der Waals surface area (Å²) in [5, 5.41) is 3.20. The molecule has 2 aliphatic rings. The molecular formula is C17H23BrClN3O2. The van der Waals surface area contributed by atoms with Crippen molar-refractivity contribution >= 4 is 40.2 Å². The summed E-state index contributed by atoms with van der Waals surface area (Å²) in [6.45, 7) is 3.68. The van der Waals surface area contributed by atoms with Crippen LogP contribution in [-0.2, 0) is 16.1 Å². The smallest absolute Gasteiger partial charge is 0.240 e. The molecule has 1 atom stereocenters. The van der Waals surface area contributed by atoms with Crippen molar-refractivity contribution in [2.45, 2.75) is 31.8 Å². The van der Waals surface area contributed by atoms with E-state index in [0.717, 1.165) is 42.5 Å². The topological polar surface area (TPSA) is 52.7 Å². The van der Waals surface area contributed by atoms with Crippen molar-refractivity contribution in [3.05, 3.63) is 34.3 Å². The minimum atomic E-state index is -0.385. The highest BCUT2D eigenvalue weighted by Gasteiger charge is 2.31. The minimum Gasteiger partial charge on any atom is -0.343 e. The Morgan fingerprint density at radius 2 is 2.00 bits per heavy atom. The molecule has 2 saturated heterocycles. The fourth-order valence-corrected chi connectivity index (χ4v) is 3.68. The lowest BCUT2D eigenvalue weighted by molar-refractivity contribution is -0.141. The van der Waals surface area contributed by atoms with E-state index in [9.17, 15) is 9.59 Å². The van der Waals surface area contributed by atoms with Gasteiger partial charge in [0.15, 0.2) is 0 Å². The molecule has 24 heavy (non-hydrogen) atoms. The van der Waals surface area contributed by atoms with Crippen LogP contribution in [0.15, 0.2) is 28.7 Å². The molecule has 1 N–H and O–H groups in total. The predicted octanol–water partition coefficient (Wildman–Crippen LogP) is 2.18. The van der Waals surface area contributed by atoms with Crippen molar-refractivity contribution in [2.75, 3.05) is 26.2 Å². The molecule has 1 unspecified atom stereocenters. The maximum atomic E-state index is 12.6. The van der Waals surface area contributed by atoms with E-state index in [-0.39, 0.29) is 36.7 Å². The number of piperazine rings is 1. The third kappa shape index (κ3) is 4.71. The second kappa shape index (κ2) is 8.83. The lowest BCUT2D eigenvalue weighted by Crippen LogP contribution is -2.55. The number of hydrogen-bond acceptors (Lipinski definition) is 3. The number of amides is 2. The van der Waals surface area contributed by atoms with E-state index < -0.39 is 0 Å². The van der Waals surface area contributed by atoms with Crippen molar-refractivity contribution in [2.24, 2.45) is 0 Å². The average Bonchev–Trinajstić information content (AvgIpc) is 3.06. The third-order valence-electron chi connectivity index (χ3n) is 4.48. The summed E-state index contributed by atoms with van der Waals surface area (Å²) in [6, 6.07) is 7.61. The van der Waals surface area contributed by atoms with Gasteiger partial charge in [-0.2, -0.15) is 0 Å². The van der Waals surface area contributed by atoms with Crippen LogP contribution in [0, 0.1) is 0 Å². The molecule has 2 heterocycles. The van der Waals surface area contributed by atoms with Crippen LogP contribution in [0.25, 0.3) is 0 Å². The number of halogens is 2. The van der Waals surface area contributed by atoms with Crippen LogP contribution in [0.2, 0.25) is 0 Å². The summed E-state index contributed by atoms with van der Waals surface area (Å²) < 4.78 is 1.01. The van der Waals surface area contributed by atoms with Crippen molar-refractivity contribution in [1.29, 1.82) is 0 Å². The quantitative estimate of drug-likeness (QED) is 0.818. The summed E-state index contributed by atoms with van der Waals surface area (Å²) in [4.78, 5) is 28.6. The SMILES string of the molecule is Cl.O=C(CC1NCCN(Cc2cccc(Br)c2)C1=O)N1CCCC1. The fourth-order valence-electron chi connectivity index (χ4n) is 3.23. The molecular weight excluding hydrogens is 394 g/mol. The van der Waals surface area contributed by atoms with Crippen molar-refractivity contribution < 1.29 is 9.59 Å². The van der Waals surface area contributed by atoms with E-state index in [0.29, 0.717) is 13.1 Å². The van der Waals surface area contributed by atoms with Crippen LogP contribution in [0.3, 0.4) is 0 Å². The Labute approximate surface area is 157 Å². The standard InChI is InChI=1S/C17H22BrN3O2.ClH/c18-14-5-3-4-13(10-14)12-21-9-6-19-15(17(21)23)11-16(22)20-7-1-2-8-20;/h3-5,10,15,19H,1-2,6-9,11-12H2;1H.